The molecule has 1 fully saturated rings. The molecule has 0 aliphatic carbocycles. The van der Waals surface area contributed by atoms with Crippen LogP contribution in [0.25, 0.3) is 5.69 Å². The highest BCUT2D eigenvalue weighted by atomic mass is 19.4. The predicted octanol–water partition coefficient (Wildman–Crippen LogP) is 2.83. The minimum absolute atomic E-state index is 0.268. The molecule has 1 N–H and O–H groups in total. The first kappa shape index (κ1) is 18.0. The van der Waals surface area contributed by atoms with Crippen molar-refractivity contribution in [1.82, 2.24) is 14.7 Å². The molecule has 1 aromatic carbocycles. The summed E-state index contributed by atoms with van der Waals surface area (Å²) in [5.74, 6) is -1.92. The van der Waals surface area contributed by atoms with Crippen LogP contribution in [-0.4, -0.2) is 44.3 Å². The first-order chi connectivity index (χ1) is 12.2. The first-order valence-corrected chi connectivity index (χ1v) is 7.95. The summed E-state index contributed by atoms with van der Waals surface area (Å²) in [6, 6.07) is 6.47. The number of carboxylic acid groups (broad SMARTS) is 1. The van der Waals surface area contributed by atoms with Crippen LogP contribution in [0.15, 0.2) is 36.5 Å². The van der Waals surface area contributed by atoms with E-state index in [0.29, 0.717) is 18.7 Å². The van der Waals surface area contributed by atoms with Gasteiger partial charge in [-0.3, -0.25) is 9.59 Å². The monoisotopic (exact) mass is 367 g/mol. The smallest absolute Gasteiger partial charge is 0.435 e. The van der Waals surface area contributed by atoms with Gasteiger partial charge in [0.2, 0.25) is 0 Å². The zero-order chi connectivity index (χ0) is 19.1. The Labute approximate surface area is 146 Å². The number of benzene rings is 1. The van der Waals surface area contributed by atoms with Crippen molar-refractivity contribution in [3.63, 3.8) is 0 Å². The Morgan fingerprint density at radius 2 is 2.00 bits per heavy atom. The van der Waals surface area contributed by atoms with E-state index in [0.717, 1.165) is 10.7 Å². The predicted molar refractivity (Wildman–Crippen MR) is 84.8 cm³/mol. The van der Waals surface area contributed by atoms with E-state index in [2.05, 4.69) is 5.10 Å². The van der Waals surface area contributed by atoms with E-state index >= 15 is 0 Å². The number of hydrogen-bond acceptors (Lipinski definition) is 3. The summed E-state index contributed by atoms with van der Waals surface area (Å²) in [6.45, 7) is 2.00. The van der Waals surface area contributed by atoms with Crippen LogP contribution in [0, 0.1) is 5.92 Å². The molecule has 138 valence electrons. The van der Waals surface area contributed by atoms with Gasteiger partial charge in [-0.2, -0.15) is 18.3 Å². The maximum atomic E-state index is 12.7. The Balaban J connectivity index is 1.85. The van der Waals surface area contributed by atoms with Gasteiger partial charge < -0.3 is 10.0 Å². The number of aromatic nitrogens is 2. The quantitative estimate of drug-likeness (QED) is 0.905. The highest BCUT2D eigenvalue weighted by Gasteiger charge is 2.38. The number of carbonyl (C=O) groups excluding carboxylic acids is 1. The SMILES string of the molecule is CC1C(C(=O)O)CCN1C(=O)c1cccc(-n2ccc(C(F)(F)F)n2)c1. The molecule has 0 bridgehead atoms. The number of aliphatic carboxylic acids is 1. The molecule has 2 aromatic rings. The van der Waals surface area contributed by atoms with E-state index in [-0.39, 0.29) is 11.5 Å². The summed E-state index contributed by atoms with van der Waals surface area (Å²) in [7, 11) is 0. The van der Waals surface area contributed by atoms with Crippen molar-refractivity contribution in [3.8, 4) is 5.69 Å². The average Bonchev–Trinajstić information content (AvgIpc) is 3.21. The molecule has 0 spiro atoms. The van der Waals surface area contributed by atoms with E-state index in [1.807, 2.05) is 0 Å². The summed E-state index contributed by atoms with van der Waals surface area (Å²) in [5, 5.41) is 12.7. The van der Waals surface area contributed by atoms with E-state index in [1.165, 1.54) is 23.2 Å². The molecule has 1 saturated heterocycles. The second kappa shape index (κ2) is 6.47. The Morgan fingerprint density at radius 1 is 1.27 bits per heavy atom. The second-order valence-electron chi connectivity index (χ2n) is 6.17. The van der Waals surface area contributed by atoms with Crippen LogP contribution in [-0.2, 0) is 11.0 Å². The van der Waals surface area contributed by atoms with E-state index in [1.54, 1.807) is 19.1 Å². The lowest BCUT2D eigenvalue weighted by Gasteiger charge is -2.23. The molecule has 2 unspecified atom stereocenters. The van der Waals surface area contributed by atoms with Gasteiger partial charge in [-0.05, 0) is 37.6 Å². The number of rotatable bonds is 3. The van der Waals surface area contributed by atoms with Gasteiger partial charge in [-0.15, -0.1) is 0 Å². The third-order valence-corrected chi connectivity index (χ3v) is 4.57. The zero-order valence-electron chi connectivity index (χ0n) is 13.8. The molecule has 0 saturated carbocycles. The highest BCUT2D eigenvalue weighted by molar-refractivity contribution is 5.95. The van der Waals surface area contributed by atoms with Crippen LogP contribution in [0.4, 0.5) is 13.2 Å². The van der Waals surface area contributed by atoms with E-state index < -0.39 is 29.8 Å². The number of carbonyl (C=O) groups is 2. The van der Waals surface area contributed by atoms with E-state index in [9.17, 15) is 27.9 Å². The maximum absolute atomic E-state index is 12.7. The molecule has 2 heterocycles. The van der Waals surface area contributed by atoms with Gasteiger partial charge in [0, 0.05) is 24.3 Å². The Kier molecular flexibility index (Phi) is 4.47. The van der Waals surface area contributed by atoms with Crippen molar-refractivity contribution < 1.29 is 27.9 Å². The fourth-order valence-corrected chi connectivity index (χ4v) is 3.12. The van der Waals surface area contributed by atoms with Crippen molar-refractivity contribution in [2.24, 2.45) is 5.92 Å². The molecule has 0 radical (unpaired) electrons. The lowest BCUT2D eigenvalue weighted by molar-refractivity contribution is -0.142. The van der Waals surface area contributed by atoms with E-state index in [4.69, 9.17) is 0 Å². The molecule has 3 rings (SSSR count). The summed E-state index contributed by atoms with van der Waals surface area (Å²) in [4.78, 5) is 25.4. The fourth-order valence-electron chi connectivity index (χ4n) is 3.12. The Bertz CT molecular complexity index is 847. The molecular weight excluding hydrogens is 351 g/mol. The van der Waals surface area contributed by atoms with Gasteiger partial charge in [0.1, 0.15) is 0 Å². The summed E-state index contributed by atoms with van der Waals surface area (Å²) in [6.07, 6.45) is -3.00. The number of halogens is 3. The second-order valence-corrected chi connectivity index (χ2v) is 6.17. The highest BCUT2D eigenvalue weighted by Crippen LogP contribution is 2.29. The van der Waals surface area contributed by atoms with Gasteiger partial charge in [0.15, 0.2) is 5.69 Å². The van der Waals surface area contributed by atoms with Crippen molar-refractivity contribution in [3.05, 3.63) is 47.8 Å². The third kappa shape index (κ3) is 3.29. The molecule has 1 aromatic heterocycles. The Morgan fingerprint density at radius 3 is 2.58 bits per heavy atom. The summed E-state index contributed by atoms with van der Waals surface area (Å²) < 4.78 is 39.1. The standard InChI is InChI=1S/C17H16F3N3O3/c1-10-13(16(25)26)5-7-22(10)15(24)11-3-2-4-12(9-11)23-8-6-14(21-23)17(18,19)20/h2-4,6,8-10,13H,5,7H2,1H3,(H,25,26). The summed E-state index contributed by atoms with van der Waals surface area (Å²) >= 11 is 0. The van der Waals surface area contributed by atoms with Gasteiger partial charge in [-0.25, -0.2) is 4.68 Å². The summed E-state index contributed by atoms with van der Waals surface area (Å²) in [5.41, 5.74) is -0.441. The molecule has 1 aliphatic heterocycles. The van der Waals surface area contributed by atoms with Gasteiger partial charge in [-0.1, -0.05) is 6.07 Å². The number of carboxylic acids is 1. The molecular formula is C17H16F3N3O3. The van der Waals surface area contributed by atoms with Gasteiger partial charge in [0.25, 0.3) is 5.91 Å². The molecule has 1 amide bonds. The van der Waals surface area contributed by atoms with Crippen LogP contribution in [0.5, 0.6) is 0 Å². The minimum Gasteiger partial charge on any atom is -0.481 e. The topological polar surface area (TPSA) is 75.4 Å². The number of amides is 1. The van der Waals surface area contributed by atoms with Crippen molar-refractivity contribution in [1.29, 1.82) is 0 Å². The molecule has 1 aliphatic rings. The van der Waals surface area contributed by atoms with Crippen LogP contribution in [0.1, 0.15) is 29.4 Å². The number of alkyl halides is 3. The molecule has 9 heteroatoms. The van der Waals surface area contributed by atoms with Gasteiger partial charge in [0.05, 0.1) is 11.6 Å². The third-order valence-electron chi connectivity index (χ3n) is 4.57. The number of hydrogen-bond donors (Lipinski definition) is 1. The van der Waals surface area contributed by atoms with Crippen molar-refractivity contribution in [2.75, 3.05) is 6.54 Å². The van der Waals surface area contributed by atoms with Crippen LogP contribution in [0.2, 0.25) is 0 Å². The fraction of sp³-hybridized carbons (Fsp3) is 0.353. The van der Waals surface area contributed by atoms with Crippen LogP contribution in [0.3, 0.4) is 0 Å². The van der Waals surface area contributed by atoms with Gasteiger partial charge >= 0.3 is 12.1 Å². The normalized spacial score (nSPS) is 20.4. The first-order valence-electron chi connectivity index (χ1n) is 7.95. The largest absolute Gasteiger partial charge is 0.481 e. The van der Waals surface area contributed by atoms with Crippen LogP contribution < -0.4 is 0 Å². The number of likely N-dealkylation sites (tertiary alicyclic amines) is 1. The van der Waals surface area contributed by atoms with Crippen molar-refractivity contribution >= 4 is 11.9 Å². The number of nitrogens with zero attached hydrogens (tertiary/aromatic N) is 3. The van der Waals surface area contributed by atoms with Crippen molar-refractivity contribution in [2.45, 2.75) is 25.6 Å². The lowest BCUT2D eigenvalue weighted by atomic mass is 10.0. The molecule has 26 heavy (non-hydrogen) atoms. The lowest BCUT2D eigenvalue weighted by Crippen LogP contribution is -2.37. The zero-order valence-corrected chi connectivity index (χ0v) is 13.8. The molecule has 6 nitrogen and oxygen atoms in total. The minimum atomic E-state index is -4.55. The average molecular weight is 367 g/mol. The maximum Gasteiger partial charge on any atom is 0.435 e. The molecule has 2 atom stereocenters. The Hall–Kier alpha value is -2.84. The van der Waals surface area contributed by atoms with Crippen LogP contribution >= 0.6 is 0 Å².